The molecule has 0 heterocycles. The number of halogens is 1. The Morgan fingerprint density at radius 2 is 2.08 bits per heavy atom. The molecule has 0 amide bonds. The van der Waals surface area contributed by atoms with Crippen molar-refractivity contribution in [1.82, 2.24) is 0 Å². The van der Waals surface area contributed by atoms with Crippen molar-refractivity contribution in [2.75, 3.05) is 5.88 Å². The molecule has 1 aromatic carbocycles. The second-order valence-electron chi connectivity index (χ2n) is 2.81. The molecule has 0 aliphatic heterocycles. The van der Waals surface area contributed by atoms with E-state index in [2.05, 4.69) is 43.3 Å². The van der Waals surface area contributed by atoms with Crippen molar-refractivity contribution in [3.8, 4) is 0 Å². The molecule has 0 spiro atoms. The van der Waals surface area contributed by atoms with Crippen LogP contribution in [-0.2, 0) is 0 Å². The predicted octanol–water partition coefficient (Wildman–Crippen LogP) is 2.62. The van der Waals surface area contributed by atoms with Gasteiger partial charge in [-0.1, -0.05) is 0 Å². The van der Waals surface area contributed by atoms with Gasteiger partial charge in [-0.15, -0.1) is 0 Å². The Balaban J connectivity index is 2.39. The van der Waals surface area contributed by atoms with Crippen molar-refractivity contribution in [2.45, 2.75) is 12.2 Å². The van der Waals surface area contributed by atoms with Gasteiger partial charge in [-0.25, -0.2) is 0 Å². The van der Waals surface area contributed by atoms with Gasteiger partial charge in [0, 0.05) is 0 Å². The van der Waals surface area contributed by atoms with Crippen molar-refractivity contribution in [3.63, 3.8) is 0 Å². The molecule has 70 valence electrons. The fraction of sp³-hybridized carbons (Fsp3) is 0.273. The zero-order valence-electron chi connectivity index (χ0n) is 7.66. The molecular weight excluding hydrogens is 247 g/mol. The molecule has 0 unspecified atom stereocenters. The molecule has 0 saturated heterocycles. The first-order valence-corrected chi connectivity index (χ1v) is 6.82. The van der Waals surface area contributed by atoms with E-state index < -0.39 is 0 Å². The first-order chi connectivity index (χ1) is 6.33. The van der Waals surface area contributed by atoms with Crippen LogP contribution in [0.2, 0.25) is 5.32 Å². The van der Waals surface area contributed by atoms with Crippen molar-refractivity contribution in [2.24, 2.45) is 0 Å². The summed E-state index contributed by atoms with van der Waals surface area (Å²) in [6.45, 7) is 2.15. The molecule has 13 heavy (non-hydrogen) atoms. The fourth-order valence-corrected chi connectivity index (χ4v) is 2.98. The second-order valence-corrected chi connectivity index (χ2v) is 5.32. The van der Waals surface area contributed by atoms with Gasteiger partial charge in [0.15, 0.2) is 0 Å². The summed E-state index contributed by atoms with van der Waals surface area (Å²) in [5.74, 6) is 0.636. The number of allylic oxidation sites excluding steroid dienone is 2. The summed E-state index contributed by atoms with van der Waals surface area (Å²) in [5.41, 5.74) is 1.40. The average molecular weight is 260 g/mol. The number of alkyl halides is 1. The SMILES string of the molecule is C/C(=C\CCl)C[Se]c1ccccc1. The third-order valence-electron chi connectivity index (χ3n) is 1.64. The van der Waals surface area contributed by atoms with Crippen LogP contribution in [0.3, 0.4) is 0 Å². The molecule has 0 bridgehead atoms. The van der Waals surface area contributed by atoms with E-state index in [0.717, 1.165) is 0 Å². The standard InChI is InChI=1S/C11H13ClSe/c1-10(7-8-12)9-13-11-5-3-2-4-6-11/h2-7H,8-9H2,1H3/b10-7+. The Labute approximate surface area is 91.2 Å². The molecule has 0 aromatic heterocycles. The van der Waals surface area contributed by atoms with Crippen LogP contribution in [0.25, 0.3) is 0 Å². The van der Waals surface area contributed by atoms with Crippen molar-refractivity contribution in [1.29, 1.82) is 0 Å². The van der Waals surface area contributed by atoms with Gasteiger partial charge < -0.3 is 0 Å². The van der Waals surface area contributed by atoms with E-state index >= 15 is 0 Å². The van der Waals surface area contributed by atoms with E-state index in [4.69, 9.17) is 11.6 Å². The molecule has 0 atom stereocenters. The second kappa shape index (κ2) is 6.26. The molecule has 0 radical (unpaired) electrons. The van der Waals surface area contributed by atoms with Crippen LogP contribution < -0.4 is 4.46 Å². The number of hydrogen-bond acceptors (Lipinski definition) is 0. The minimum atomic E-state index is 0.563. The molecule has 0 N–H and O–H groups in total. The van der Waals surface area contributed by atoms with Crippen LogP contribution in [0.4, 0.5) is 0 Å². The van der Waals surface area contributed by atoms with Crippen LogP contribution in [0.1, 0.15) is 6.92 Å². The zero-order valence-corrected chi connectivity index (χ0v) is 10.1. The summed E-state index contributed by atoms with van der Waals surface area (Å²) in [7, 11) is 0. The normalized spacial score (nSPS) is 11.7. The monoisotopic (exact) mass is 260 g/mol. The topological polar surface area (TPSA) is 0 Å². The number of hydrogen-bond donors (Lipinski definition) is 0. The van der Waals surface area contributed by atoms with E-state index in [-0.39, 0.29) is 0 Å². The summed E-state index contributed by atoms with van der Waals surface area (Å²) < 4.78 is 1.46. The molecule has 0 aliphatic carbocycles. The maximum absolute atomic E-state index is 5.61. The molecule has 2 heteroatoms. The van der Waals surface area contributed by atoms with Crippen LogP contribution in [0, 0.1) is 0 Å². The third kappa shape index (κ3) is 4.52. The average Bonchev–Trinajstić information content (AvgIpc) is 2.17. The Morgan fingerprint density at radius 3 is 2.69 bits per heavy atom. The minimum absolute atomic E-state index is 0.563. The van der Waals surface area contributed by atoms with Crippen LogP contribution in [0.15, 0.2) is 42.0 Å². The van der Waals surface area contributed by atoms with Gasteiger partial charge in [0.1, 0.15) is 0 Å². The van der Waals surface area contributed by atoms with E-state index in [9.17, 15) is 0 Å². The van der Waals surface area contributed by atoms with Crippen LogP contribution in [-0.4, -0.2) is 20.8 Å². The van der Waals surface area contributed by atoms with Gasteiger partial charge in [0.25, 0.3) is 0 Å². The van der Waals surface area contributed by atoms with E-state index in [1.54, 1.807) is 0 Å². The predicted molar refractivity (Wildman–Crippen MR) is 61.1 cm³/mol. The third-order valence-corrected chi connectivity index (χ3v) is 4.32. The first kappa shape index (κ1) is 10.8. The zero-order chi connectivity index (χ0) is 9.52. The van der Waals surface area contributed by atoms with E-state index in [1.807, 2.05) is 0 Å². The number of rotatable bonds is 4. The summed E-state index contributed by atoms with van der Waals surface area (Å²) >= 11 is 6.17. The van der Waals surface area contributed by atoms with Gasteiger partial charge in [-0.2, -0.15) is 0 Å². The van der Waals surface area contributed by atoms with Gasteiger partial charge >= 0.3 is 91.1 Å². The molecular formula is C11H13ClSe. The Hall–Kier alpha value is -0.231. The van der Waals surface area contributed by atoms with E-state index in [0.29, 0.717) is 20.8 Å². The first-order valence-electron chi connectivity index (χ1n) is 4.22. The van der Waals surface area contributed by atoms with Crippen molar-refractivity contribution >= 4 is 31.0 Å². The van der Waals surface area contributed by atoms with Gasteiger partial charge in [-0.3, -0.25) is 0 Å². The molecule has 1 rings (SSSR count). The molecule has 1 aromatic rings. The Morgan fingerprint density at radius 1 is 1.38 bits per heavy atom. The summed E-state index contributed by atoms with van der Waals surface area (Å²) in [6, 6.07) is 10.6. The fourth-order valence-electron chi connectivity index (χ4n) is 0.905. The van der Waals surface area contributed by atoms with Crippen LogP contribution in [0.5, 0.6) is 0 Å². The number of benzene rings is 1. The van der Waals surface area contributed by atoms with Crippen molar-refractivity contribution in [3.05, 3.63) is 42.0 Å². The van der Waals surface area contributed by atoms with Crippen LogP contribution >= 0.6 is 11.6 Å². The molecule has 0 aliphatic rings. The molecule has 0 saturated carbocycles. The maximum atomic E-state index is 5.61. The van der Waals surface area contributed by atoms with Gasteiger partial charge in [0.2, 0.25) is 0 Å². The summed E-state index contributed by atoms with van der Waals surface area (Å²) in [5, 5.41) is 1.17. The Bertz CT molecular complexity index is 267. The van der Waals surface area contributed by atoms with E-state index in [1.165, 1.54) is 15.4 Å². The summed E-state index contributed by atoms with van der Waals surface area (Å²) in [6.07, 6.45) is 2.09. The Kier molecular flexibility index (Phi) is 5.22. The molecule has 0 fully saturated rings. The quantitative estimate of drug-likeness (QED) is 0.443. The van der Waals surface area contributed by atoms with Gasteiger partial charge in [-0.05, 0) is 0 Å². The summed E-state index contributed by atoms with van der Waals surface area (Å²) in [4.78, 5) is 0. The van der Waals surface area contributed by atoms with Crippen molar-refractivity contribution < 1.29 is 0 Å². The molecule has 0 nitrogen and oxygen atoms in total. The van der Waals surface area contributed by atoms with Gasteiger partial charge in [0.05, 0.1) is 0 Å².